The van der Waals surface area contributed by atoms with E-state index in [0.29, 0.717) is 17.3 Å². The standard InChI is InChI=1S/C9H7BrF3O/c10-6-5-7-3-1-2-4-8(7)14-9(11,12)13/h2-4H,5-6H2. The average molecular weight is 268 g/mol. The van der Waals surface area contributed by atoms with E-state index in [-0.39, 0.29) is 5.75 Å². The molecule has 5 heteroatoms. The van der Waals surface area contributed by atoms with E-state index < -0.39 is 6.36 Å². The zero-order chi connectivity index (χ0) is 10.6. The van der Waals surface area contributed by atoms with E-state index in [2.05, 4.69) is 26.7 Å². The Morgan fingerprint density at radius 1 is 1.43 bits per heavy atom. The molecule has 1 nitrogen and oxygen atoms in total. The molecule has 0 spiro atoms. The molecule has 14 heavy (non-hydrogen) atoms. The molecule has 0 aliphatic carbocycles. The van der Waals surface area contributed by atoms with Crippen LogP contribution in [0.3, 0.4) is 0 Å². The van der Waals surface area contributed by atoms with Crippen molar-refractivity contribution in [3.05, 3.63) is 29.8 Å². The van der Waals surface area contributed by atoms with Crippen LogP contribution in [0.5, 0.6) is 5.75 Å². The summed E-state index contributed by atoms with van der Waals surface area (Å²) in [5, 5.41) is 0.582. The first-order valence-corrected chi connectivity index (χ1v) is 4.96. The molecule has 0 aliphatic rings. The summed E-state index contributed by atoms with van der Waals surface area (Å²) in [6.45, 7) is 0. The molecular weight excluding hydrogens is 261 g/mol. The van der Waals surface area contributed by atoms with E-state index in [9.17, 15) is 13.2 Å². The van der Waals surface area contributed by atoms with Crippen molar-refractivity contribution >= 4 is 15.9 Å². The quantitative estimate of drug-likeness (QED) is 0.764. The largest absolute Gasteiger partial charge is 0.573 e. The van der Waals surface area contributed by atoms with Crippen LogP contribution in [0.2, 0.25) is 0 Å². The maximum absolute atomic E-state index is 11.9. The Morgan fingerprint density at radius 2 is 2.14 bits per heavy atom. The molecule has 1 aromatic rings. The second kappa shape index (κ2) is 4.68. The van der Waals surface area contributed by atoms with Crippen molar-refractivity contribution in [1.82, 2.24) is 0 Å². The van der Waals surface area contributed by atoms with Gasteiger partial charge in [-0.25, -0.2) is 0 Å². The Bertz CT molecular complexity index is 298. The Balaban J connectivity index is 2.84. The van der Waals surface area contributed by atoms with Crippen molar-refractivity contribution in [3.8, 4) is 5.75 Å². The van der Waals surface area contributed by atoms with Crippen LogP contribution < -0.4 is 4.74 Å². The van der Waals surface area contributed by atoms with E-state index >= 15 is 0 Å². The van der Waals surface area contributed by atoms with Crippen molar-refractivity contribution in [1.29, 1.82) is 0 Å². The van der Waals surface area contributed by atoms with Crippen molar-refractivity contribution in [2.24, 2.45) is 0 Å². The van der Waals surface area contributed by atoms with E-state index in [1.54, 1.807) is 0 Å². The first-order chi connectivity index (χ1) is 6.53. The first kappa shape index (κ1) is 11.4. The zero-order valence-corrected chi connectivity index (χ0v) is 8.65. The number of rotatable bonds is 3. The fraction of sp³-hybridized carbons (Fsp3) is 0.333. The molecule has 0 heterocycles. The molecule has 0 unspecified atom stereocenters. The van der Waals surface area contributed by atoms with E-state index in [4.69, 9.17) is 0 Å². The van der Waals surface area contributed by atoms with Gasteiger partial charge in [0.1, 0.15) is 5.75 Å². The summed E-state index contributed by atoms with van der Waals surface area (Å²) in [6.07, 6.45) is -4.16. The van der Waals surface area contributed by atoms with Gasteiger partial charge >= 0.3 is 6.36 Å². The minimum atomic E-state index is -4.64. The summed E-state index contributed by atoms with van der Waals surface area (Å²) < 4.78 is 39.6. The first-order valence-electron chi connectivity index (χ1n) is 3.83. The van der Waals surface area contributed by atoms with Crippen LogP contribution in [0, 0.1) is 6.07 Å². The molecule has 77 valence electrons. The van der Waals surface area contributed by atoms with Crippen molar-refractivity contribution in [3.63, 3.8) is 0 Å². The van der Waals surface area contributed by atoms with Gasteiger partial charge in [-0.2, -0.15) is 0 Å². The highest BCUT2D eigenvalue weighted by atomic mass is 79.9. The molecule has 0 saturated carbocycles. The van der Waals surface area contributed by atoms with Crippen LogP contribution in [-0.4, -0.2) is 11.7 Å². The highest BCUT2D eigenvalue weighted by Crippen LogP contribution is 2.26. The van der Waals surface area contributed by atoms with E-state index in [1.165, 1.54) is 18.2 Å². The number of halogens is 4. The second-order valence-electron chi connectivity index (χ2n) is 2.52. The van der Waals surface area contributed by atoms with Crippen molar-refractivity contribution in [2.75, 3.05) is 5.33 Å². The van der Waals surface area contributed by atoms with Gasteiger partial charge in [0, 0.05) is 5.33 Å². The summed E-state index contributed by atoms with van der Waals surface area (Å²) in [6, 6.07) is 6.84. The number of hydrogen-bond acceptors (Lipinski definition) is 1. The summed E-state index contributed by atoms with van der Waals surface area (Å²) in [5.41, 5.74) is 0.488. The molecule has 1 radical (unpaired) electrons. The fourth-order valence-electron chi connectivity index (χ4n) is 0.972. The Kier molecular flexibility index (Phi) is 3.80. The molecule has 0 aromatic heterocycles. The van der Waals surface area contributed by atoms with Gasteiger partial charge in [0.25, 0.3) is 0 Å². The van der Waals surface area contributed by atoms with Crippen molar-refractivity contribution < 1.29 is 17.9 Å². The highest BCUT2D eigenvalue weighted by Gasteiger charge is 2.31. The van der Waals surface area contributed by atoms with E-state index in [0.717, 1.165) is 0 Å². The lowest BCUT2D eigenvalue weighted by molar-refractivity contribution is -0.274. The maximum Gasteiger partial charge on any atom is 0.573 e. The molecule has 0 atom stereocenters. The van der Waals surface area contributed by atoms with Gasteiger partial charge in [0.05, 0.1) is 0 Å². The number of ether oxygens (including phenoxy) is 1. The fourth-order valence-corrected chi connectivity index (χ4v) is 1.40. The minimum Gasteiger partial charge on any atom is -0.406 e. The van der Waals surface area contributed by atoms with Gasteiger partial charge in [0.15, 0.2) is 0 Å². The molecule has 0 bridgehead atoms. The third-order valence-electron chi connectivity index (χ3n) is 1.49. The van der Waals surface area contributed by atoms with Gasteiger partial charge < -0.3 is 4.74 Å². The summed E-state index contributed by atoms with van der Waals surface area (Å²) in [5.74, 6) is -0.157. The number of aryl methyl sites for hydroxylation is 1. The third kappa shape index (κ3) is 3.57. The molecule has 0 fully saturated rings. The van der Waals surface area contributed by atoms with Crippen LogP contribution in [0.1, 0.15) is 5.56 Å². The smallest absolute Gasteiger partial charge is 0.406 e. The van der Waals surface area contributed by atoms with Crippen LogP contribution >= 0.6 is 15.9 Å². The molecule has 0 saturated heterocycles. The Labute approximate surface area is 88.0 Å². The number of benzene rings is 1. The monoisotopic (exact) mass is 267 g/mol. The molecule has 0 aliphatic heterocycles. The summed E-state index contributed by atoms with van der Waals surface area (Å²) in [7, 11) is 0. The molecule has 0 N–H and O–H groups in total. The summed E-state index contributed by atoms with van der Waals surface area (Å²) >= 11 is 3.15. The lowest BCUT2D eigenvalue weighted by Gasteiger charge is -2.11. The topological polar surface area (TPSA) is 9.23 Å². The van der Waals surface area contributed by atoms with Gasteiger partial charge in [-0.1, -0.05) is 22.0 Å². The molecule has 0 amide bonds. The lowest BCUT2D eigenvalue weighted by atomic mass is 10.1. The minimum absolute atomic E-state index is 0.157. The van der Waals surface area contributed by atoms with Gasteiger partial charge in [0.2, 0.25) is 0 Å². The van der Waals surface area contributed by atoms with Crippen LogP contribution in [0.4, 0.5) is 13.2 Å². The zero-order valence-electron chi connectivity index (χ0n) is 7.07. The van der Waals surface area contributed by atoms with Gasteiger partial charge in [-0.05, 0) is 30.2 Å². The highest BCUT2D eigenvalue weighted by molar-refractivity contribution is 9.09. The van der Waals surface area contributed by atoms with Gasteiger partial charge in [-0.15, -0.1) is 13.2 Å². The summed E-state index contributed by atoms with van der Waals surface area (Å²) in [4.78, 5) is 0. The molecular formula is C9H7BrF3O. The van der Waals surface area contributed by atoms with Crippen LogP contribution in [0.15, 0.2) is 18.2 Å². The molecule has 1 rings (SSSR count). The predicted octanol–water partition coefficient (Wildman–Crippen LogP) is 3.32. The molecule has 1 aromatic carbocycles. The van der Waals surface area contributed by atoms with Crippen LogP contribution in [0.25, 0.3) is 0 Å². The average Bonchev–Trinajstić information content (AvgIpc) is 2.06. The van der Waals surface area contributed by atoms with Crippen molar-refractivity contribution in [2.45, 2.75) is 12.8 Å². The maximum atomic E-state index is 11.9. The van der Waals surface area contributed by atoms with E-state index in [1.807, 2.05) is 0 Å². The normalized spacial score (nSPS) is 11.4. The van der Waals surface area contributed by atoms with Gasteiger partial charge in [-0.3, -0.25) is 0 Å². The Morgan fingerprint density at radius 3 is 2.71 bits per heavy atom. The number of alkyl halides is 4. The number of hydrogen-bond donors (Lipinski definition) is 0. The SMILES string of the molecule is FC(F)(F)Oc1cc[c]cc1CCBr. The predicted molar refractivity (Wildman–Crippen MR) is 49.5 cm³/mol. The third-order valence-corrected chi connectivity index (χ3v) is 1.89. The lowest BCUT2D eigenvalue weighted by Crippen LogP contribution is -2.18. The second-order valence-corrected chi connectivity index (χ2v) is 3.31. The van der Waals surface area contributed by atoms with Crippen LogP contribution in [-0.2, 0) is 6.42 Å². The Hall–Kier alpha value is -0.710.